The van der Waals surface area contributed by atoms with Gasteiger partial charge in [-0.25, -0.2) is 4.98 Å². The van der Waals surface area contributed by atoms with Gasteiger partial charge in [0.1, 0.15) is 5.75 Å². The fourth-order valence-corrected chi connectivity index (χ4v) is 1.54. The Kier molecular flexibility index (Phi) is 3.84. The van der Waals surface area contributed by atoms with Crippen LogP contribution in [0.5, 0.6) is 11.8 Å². The van der Waals surface area contributed by atoms with Gasteiger partial charge in [0.15, 0.2) is 0 Å². The summed E-state index contributed by atoms with van der Waals surface area (Å²) >= 11 is 0. The minimum absolute atomic E-state index is 0.353. The molecule has 0 radical (unpaired) electrons. The van der Waals surface area contributed by atoms with Crippen molar-refractivity contribution in [1.82, 2.24) is 20.3 Å². The maximum Gasteiger partial charge on any atom is 0.322 e. The number of hydrogen-bond acceptors (Lipinski definition) is 5. The predicted molar refractivity (Wildman–Crippen MR) is 68.6 cm³/mol. The molecule has 0 unspecified atom stereocenters. The second-order valence-corrected chi connectivity index (χ2v) is 4.05. The summed E-state index contributed by atoms with van der Waals surface area (Å²) in [6.45, 7) is 4.53. The van der Waals surface area contributed by atoms with Crippen LogP contribution < -0.4 is 10.1 Å². The van der Waals surface area contributed by atoms with Crippen molar-refractivity contribution in [3.8, 4) is 11.8 Å². The van der Waals surface area contributed by atoms with Crippen LogP contribution in [0.4, 0.5) is 0 Å². The van der Waals surface area contributed by atoms with Crippen molar-refractivity contribution in [3.63, 3.8) is 0 Å². The highest BCUT2D eigenvalue weighted by atomic mass is 16.5. The van der Waals surface area contributed by atoms with Crippen molar-refractivity contribution < 1.29 is 4.74 Å². The zero-order valence-electron chi connectivity index (χ0n) is 10.8. The number of pyridine rings is 1. The second-order valence-electron chi connectivity index (χ2n) is 4.05. The molecule has 2 rings (SSSR count). The molecular formula is C13H16N4O. The molecule has 94 valence electrons. The number of aromatic nitrogens is 3. The summed E-state index contributed by atoms with van der Waals surface area (Å²) in [5, 5.41) is 3.05. The summed E-state index contributed by atoms with van der Waals surface area (Å²) in [4.78, 5) is 12.7. The van der Waals surface area contributed by atoms with E-state index in [2.05, 4.69) is 20.3 Å². The van der Waals surface area contributed by atoms with E-state index < -0.39 is 0 Å². The van der Waals surface area contributed by atoms with Gasteiger partial charge in [0.2, 0.25) is 0 Å². The van der Waals surface area contributed by atoms with Gasteiger partial charge in [0.05, 0.1) is 11.9 Å². The Hall–Kier alpha value is -2.01. The Labute approximate surface area is 106 Å². The van der Waals surface area contributed by atoms with Crippen molar-refractivity contribution in [2.24, 2.45) is 0 Å². The van der Waals surface area contributed by atoms with Gasteiger partial charge in [-0.05, 0) is 39.1 Å². The van der Waals surface area contributed by atoms with Gasteiger partial charge in [-0.2, -0.15) is 4.98 Å². The van der Waals surface area contributed by atoms with Crippen LogP contribution in [0.2, 0.25) is 0 Å². The highest BCUT2D eigenvalue weighted by molar-refractivity contribution is 5.23. The number of hydrogen-bond donors (Lipinski definition) is 1. The van der Waals surface area contributed by atoms with Gasteiger partial charge in [0.25, 0.3) is 0 Å². The second kappa shape index (κ2) is 5.55. The van der Waals surface area contributed by atoms with Crippen LogP contribution in [-0.4, -0.2) is 22.0 Å². The molecule has 0 aromatic carbocycles. The molecule has 0 atom stereocenters. The topological polar surface area (TPSA) is 59.9 Å². The van der Waals surface area contributed by atoms with Gasteiger partial charge in [-0.15, -0.1) is 0 Å². The molecule has 18 heavy (non-hydrogen) atoms. The van der Waals surface area contributed by atoms with Gasteiger partial charge >= 0.3 is 6.01 Å². The zero-order valence-corrected chi connectivity index (χ0v) is 10.8. The number of aryl methyl sites for hydroxylation is 2. The standard InChI is InChI=1S/C13H16N4O/c1-9-4-5-12(8-15-9)18-13-16-10(2)6-11(17-13)7-14-3/h4-6,8,14H,7H2,1-3H3. The van der Waals surface area contributed by atoms with Crippen LogP contribution >= 0.6 is 0 Å². The van der Waals surface area contributed by atoms with Crippen LogP contribution in [0.25, 0.3) is 0 Å². The van der Waals surface area contributed by atoms with Crippen molar-refractivity contribution in [3.05, 3.63) is 41.5 Å². The summed E-state index contributed by atoms with van der Waals surface area (Å²) in [6.07, 6.45) is 1.67. The summed E-state index contributed by atoms with van der Waals surface area (Å²) in [5.74, 6) is 0.640. The van der Waals surface area contributed by atoms with E-state index in [4.69, 9.17) is 4.74 Å². The highest BCUT2D eigenvalue weighted by Crippen LogP contribution is 2.17. The van der Waals surface area contributed by atoms with Crippen LogP contribution in [-0.2, 0) is 6.54 Å². The van der Waals surface area contributed by atoms with Gasteiger partial charge < -0.3 is 10.1 Å². The van der Waals surface area contributed by atoms with E-state index >= 15 is 0 Å². The number of nitrogens with one attached hydrogen (secondary N) is 1. The molecule has 2 heterocycles. The fourth-order valence-electron chi connectivity index (χ4n) is 1.54. The molecule has 0 aliphatic rings. The normalized spacial score (nSPS) is 10.4. The summed E-state index contributed by atoms with van der Waals surface area (Å²) in [6, 6.07) is 6.02. The summed E-state index contributed by atoms with van der Waals surface area (Å²) in [5.41, 5.74) is 2.73. The van der Waals surface area contributed by atoms with Crippen LogP contribution in [0.3, 0.4) is 0 Å². The highest BCUT2D eigenvalue weighted by Gasteiger charge is 2.04. The Morgan fingerprint density at radius 1 is 1.17 bits per heavy atom. The lowest BCUT2D eigenvalue weighted by molar-refractivity contribution is 0.435. The van der Waals surface area contributed by atoms with Crippen LogP contribution in [0.15, 0.2) is 24.4 Å². The Morgan fingerprint density at radius 2 is 2.00 bits per heavy atom. The van der Waals surface area contributed by atoms with Crippen LogP contribution in [0.1, 0.15) is 17.1 Å². The van der Waals surface area contributed by atoms with Gasteiger partial charge in [-0.3, -0.25) is 4.98 Å². The molecule has 0 aliphatic heterocycles. The molecule has 0 saturated carbocycles. The minimum atomic E-state index is 0.353. The molecule has 0 amide bonds. The average molecular weight is 244 g/mol. The number of nitrogens with zero attached hydrogens (tertiary/aromatic N) is 3. The van der Waals surface area contributed by atoms with E-state index in [-0.39, 0.29) is 0 Å². The van der Waals surface area contributed by atoms with Gasteiger partial charge in [0, 0.05) is 17.9 Å². The third-order valence-electron chi connectivity index (χ3n) is 2.34. The van der Waals surface area contributed by atoms with Crippen molar-refractivity contribution >= 4 is 0 Å². The molecule has 2 aromatic heterocycles. The first-order chi connectivity index (χ1) is 8.67. The maximum absolute atomic E-state index is 5.59. The summed E-state index contributed by atoms with van der Waals surface area (Å²) in [7, 11) is 1.88. The molecule has 5 heteroatoms. The van der Waals surface area contributed by atoms with E-state index in [1.54, 1.807) is 6.20 Å². The third kappa shape index (κ3) is 3.24. The first kappa shape index (κ1) is 12.4. The molecule has 0 saturated heterocycles. The molecule has 0 fully saturated rings. The van der Waals surface area contributed by atoms with E-state index in [0.29, 0.717) is 18.3 Å². The number of ether oxygens (including phenoxy) is 1. The largest absolute Gasteiger partial charge is 0.423 e. The first-order valence-electron chi connectivity index (χ1n) is 5.77. The third-order valence-corrected chi connectivity index (χ3v) is 2.34. The average Bonchev–Trinajstić information content (AvgIpc) is 2.32. The summed E-state index contributed by atoms with van der Waals surface area (Å²) < 4.78 is 5.59. The molecule has 5 nitrogen and oxygen atoms in total. The van der Waals surface area contributed by atoms with E-state index in [1.165, 1.54) is 0 Å². The smallest absolute Gasteiger partial charge is 0.322 e. The molecule has 0 spiro atoms. The van der Waals surface area contributed by atoms with Crippen molar-refractivity contribution in [2.45, 2.75) is 20.4 Å². The molecule has 1 N–H and O–H groups in total. The van der Waals surface area contributed by atoms with Crippen molar-refractivity contribution in [1.29, 1.82) is 0 Å². The lowest BCUT2D eigenvalue weighted by Crippen LogP contribution is -2.08. The Balaban J connectivity index is 2.20. The van der Waals surface area contributed by atoms with Crippen molar-refractivity contribution in [2.75, 3.05) is 7.05 Å². The molecule has 0 aliphatic carbocycles. The molecule has 2 aromatic rings. The quantitative estimate of drug-likeness (QED) is 0.891. The van der Waals surface area contributed by atoms with Crippen LogP contribution in [0, 0.1) is 13.8 Å². The zero-order chi connectivity index (χ0) is 13.0. The van der Waals surface area contributed by atoms with E-state index in [1.807, 2.05) is 39.1 Å². The maximum atomic E-state index is 5.59. The SMILES string of the molecule is CNCc1cc(C)nc(Oc2ccc(C)nc2)n1. The fraction of sp³-hybridized carbons (Fsp3) is 0.308. The Morgan fingerprint density at radius 3 is 2.67 bits per heavy atom. The monoisotopic (exact) mass is 244 g/mol. The Bertz CT molecular complexity index is 525. The lowest BCUT2D eigenvalue weighted by Gasteiger charge is -2.06. The predicted octanol–water partition coefficient (Wildman–Crippen LogP) is 2.00. The number of rotatable bonds is 4. The first-order valence-corrected chi connectivity index (χ1v) is 5.77. The molecule has 0 bridgehead atoms. The van der Waals surface area contributed by atoms with E-state index in [0.717, 1.165) is 17.1 Å². The van der Waals surface area contributed by atoms with E-state index in [9.17, 15) is 0 Å². The van der Waals surface area contributed by atoms with Gasteiger partial charge in [-0.1, -0.05) is 0 Å². The lowest BCUT2D eigenvalue weighted by atomic mass is 10.3. The minimum Gasteiger partial charge on any atom is -0.423 e. The molecular weight excluding hydrogens is 228 g/mol.